The van der Waals surface area contributed by atoms with E-state index in [0.29, 0.717) is 20.6 Å². The van der Waals surface area contributed by atoms with Crippen molar-refractivity contribution in [3.8, 4) is 17.1 Å². The zero-order chi connectivity index (χ0) is 18.0. The normalized spacial score (nSPS) is 11.6. The summed E-state index contributed by atoms with van der Waals surface area (Å²) in [6, 6.07) is 12.8. The summed E-state index contributed by atoms with van der Waals surface area (Å²) in [5.74, 6) is 1.37. The molecule has 1 aromatic heterocycles. The van der Waals surface area contributed by atoms with Crippen LogP contribution in [0.2, 0.25) is 10.0 Å². The van der Waals surface area contributed by atoms with Gasteiger partial charge in [0, 0.05) is 5.56 Å². The van der Waals surface area contributed by atoms with Crippen molar-refractivity contribution in [2.75, 3.05) is 7.11 Å². The maximum absolute atomic E-state index is 6.08. The van der Waals surface area contributed by atoms with E-state index >= 15 is 0 Å². The molecule has 0 bridgehead atoms. The molecule has 0 atom stereocenters. The zero-order valence-electron chi connectivity index (χ0n) is 13.5. The van der Waals surface area contributed by atoms with Crippen molar-refractivity contribution in [2.24, 2.45) is 5.10 Å². The highest BCUT2D eigenvalue weighted by Gasteiger charge is 2.10. The summed E-state index contributed by atoms with van der Waals surface area (Å²) in [7, 11) is 1.62. The van der Waals surface area contributed by atoms with E-state index in [1.54, 1.807) is 23.9 Å². The van der Waals surface area contributed by atoms with Crippen molar-refractivity contribution in [2.45, 2.75) is 6.92 Å². The first-order valence-electron chi connectivity index (χ1n) is 7.32. The van der Waals surface area contributed by atoms with E-state index in [0.717, 1.165) is 22.6 Å². The molecule has 0 saturated carbocycles. The molecule has 0 aliphatic carbocycles. The third kappa shape index (κ3) is 3.76. The number of ether oxygens (including phenoxy) is 1. The van der Waals surface area contributed by atoms with Gasteiger partial charge < -0.3 is 4.74 Å². The van der Waals surface area contributed by atoms with Crippen LogP contribution in [-0.2, 0) is 0 Å². The minimum absolute atomic E-state index is 0.394. The fourth-order valence-electron chi connectivity index (χ4n) is 2.24. The number of hydrogen-bond donors (Lipinski definition) is 1. The number of hydrogen-bond acceptors (Lipinski definition) is 4. The second-order valence-electron chi connectivity index (χ2n) is 5.21. The molecule has 25 heavy (non-hydrogen) atoms. The Balaban J connectivity index is 2.03. The Morgan fingerprint density at radius 3 is 2.52 bits per heavy atom. The molecule has 1 N–H and O–H groups in total. The van der Waals surface area contributed by atoms with Crippen LogP contribution in [0.25, 0.3) is 11.4 Å². The third-order valence-electron chi connectivity index (χ3n) is 3.59. The fourth-order valence-corrected chi connectivity index (χ4v) is 2.71. The van der Waals surface area contributed by atoms with Gasteiger partial charge in [-0.15, -0.1) is 0 Å². The lowest BCUT2D eigenvalue weighted by molar-refractivity contribution is 0.415. The van der Waals surface area contributed by atoms with Crippen LogP contribution in [0.3, 0.4) is 0 Å². The van der Waals surface area contributed by atoms with Gasteiger partial charge in [-0.05, 0) is 61.1 Å². The summed E-state index contributed by atoms with van der Waals surface area (Å²) in [5.41, 5.74) is 2.43. The van der Waals surface area contributed by atoms with Gasteiger partial charge in [0.05, 0.1) is 22.9 Å². The lowest BCUT2D eigenvalue weighted by Crippen LogP contribution is -2.01. The molecule has 0 spiro atoms. The molecule has 0 aliphatic rings. The molecule has 0 amide bonds. The highest BCUT2D eigenvalue weighted by atomic mass is 35.5. The number of benzene rings is 2. The molecule has 5 nitrogen and oxygen atoms in total. The van der Waals surface area contributed by atoms with E-state index in [9.17, 15) is 0 Å². The Morgan fingerprint density at radius 1 is 1.16 bits per heavy atom. The Kier molecular flexibility index (Phi) is 5.22. The van der Waals surface area contributed by atoms with Crippen molar-refractivity contribution in [1.29, 1.82) is 0 Å². The van der Waals surface area contributed by atoms with Gasteiger partial charge in [0.15, 0.2) is 5.82 Å². The minimum atomic E-state index is 0.394. The maximum Gasteiger partial charge on any atom is 0.216 e. The van der Waals surface area contributed by atoms with E-state index in [-0.39, 0.29) is 0 Å². The van der Waals surface area contributed by atoms with Crippen LogP contribution in [0, 0.1) is 4.77 Å². The van der Waals surface area contributed by atoms with Crippen molar-refractivity contribution in [3.05, 3.63) is 62.8 Å². The number of nitrogens with one attached hydrogen (secondary N) is 1. The van der Waals surface area contributed by atoms with Crippen molar-refractivity contribution in [1.82, 2.24) is 14.9 Å². The van der Waals surface area contributed by atoms with Gasteiger partial charge in [-0.2, -0.15) is 14.9 Å². The van der Waals surface area contributed by atoms with Gasteiger partial charge in [0.1, 0.15) is 5.75 Å². The van der Waals surface area contributed by atoms with Gasteiger partial charge in [-0.3, -0.25) is 0 Å². The zero-order valence-corrected chi connectivity index (χ0v) is 15.8. The highest BCUT2D eigenvalue weighted by Crippen LogP contribution is 2.24. The van der Waals surface area contributed by atoms with E-state index < -0.39 is 0 Å². The quantitative estimate of drug-likeness (QED) is 0.490. The van der Waals surface area contributed by atoms with E-state index in [4.69, 9.17) is 40.2 Å². The molecule has 3 aromatic rings. The molecule has 2 aromatic carbocycles. The lowest BCUT2D eigenvalue weighted by atomic mass is 10.1. The number of rotatable bonds is 4. The number of halogens is 2. The maximum atomic E-state index is 6.08. The second kappa shape index (κ2) is 7.39. The molecule has 8 heteroatoms. The van der Waals surface area contributed by atoms with Crippen LogP contribution in [0.4, 0.5) is 0 Å². The van der Waals surface area contributed by atoms with Crippen LogP contribution in [-0.4, -0.2) is 27.7 Å². The van der Waals surface area contributed by atoms with Crippen LogP contribution in [0.5, 0.6) is 5.75 Å². The fraction of sp³-hybridized carbons (Fsp3) is 0.118. The lowest BCUT2D eigenvalue weighted by Gasteiger charge is -2.06. The predicted molar refractivity (Wildman–Crippen MR) is 103 cm³/mol. The summed E-state index contributed by atoms with van der Waals surface area (Å²) in [5, 5.41) is 12.6. The largest absolute Gasteiger partial charge is 0.497 e. The number of aromatic amines is 1. The van der Waals surface area contributed by atoms with Crippen LogP contribution in [0.15, 0.2) is 47.6 Å². The number of methoxy groups -OCH3 is 1. The number of nitrogens with zero attached hydrogens (tertiary/aromatic N) is 3. The smallest absolute Gasteiger partial charge is 0.216 e. The topological polar surface area (TPSA) is 55.2 Å². The molecule has 1 heterocycles. The highest BCUT2D eigenvalue weighted by molar-refractivity contribution is 7.71. The average molecular weight is 393 g/mol. The summed E-state index contributed by atoms with van der Waals surface area (Å²) in [6.45, 7) is 1.87. The Hall–Kier alpha value is -2.15. The van der Waals surface area contributed by atoms with Crippen LogP contribution in [0.1, 0.15) is 12.5 Å². The summed E-state index contributed by atoms with van der Waals surface area (Å²) >= 11 is 17.3. The molecule has 3 rings (SSSR count). The van der Waals surface area contributed by atoms with Crippen molar-refractivity contribution in [3.63, 3.8) is 0 Å². The first-order chi connectivity index (χ1) is 12.0. The summed E-state index contributed by atoms with van der Waals surface area (Å²) in [6.07, 6.45) is 0. The summed E-state index contributed by atoms with van der Waals surface area (Å²) < 4.78 is 7.15. The first kappa shape index (κ1) is 17.7. The predicted octanol–water partition coefficient (Wildman–Crippen LogP) is 5.20. The summed E-state index contributed by atoms with van der Waals surface area (Å²) in [4.78, 5) is 0. The van der Waals surface area contributed by atoms with E-state index in [1.165, 1.54) is 0 Å². The van der Waals surface area contributed by atoms with Gasteiger partial charge in [-0.25, -0.2) is 5.10 Å². The van der Waals surface area contributed by atoms with Crippen molar-refractivity contribution < 1.29 is 4.74 Å². The van der Waals surface area contributed by atoms with Crippen molar-refractivity contribution >= 4 is 41.1 Å². The van der Waals surface area contributed by atoms with E-state index in [2.05, 4.69) is 15.3 Å². The number of aromatic nitrogens is 3. The molecular formula is C17H14Cl2N4OS. The molecule has 0 radical (unpaired) electrons. The van der Waals surface area contributed by atoms with Crippen LogP contribution >= 0.6 is 35.4 Å². The average Bonchev–Trinajstić information content (AvgIpc) is 2.98. The van der Waals surface area contributed by atoms with Gasteiger partial charge in [-0.1, -0.05) is 29.3 Å². The number of H-pyrrole nitrogens is 1. The van der Waals surface area contributed by atoms with Crippen LogP contribution < -0.4 is 4.74 Å². The Labute approximate surface area is 159 Å². The third-order valence-corrected chi connectivity index (χ3v) is 4.59. The van der Waals surface area contributed by atoms with Gasteiger partial charge in [0.25, 0.3) is 0 Å². The first-order valence-corrected chi connectivity index (χ1v) is 8.49. The minimum Gasteiger partial charge on any atom is -0.497 e. The Morgan fingerprint density at radius 2 is 1.88 bits per heavy atom. The van der Waals surface area contributed by atoms with E-state index in [1.807, 2.05) is 37.3 Å². The molecular weight excluding hydrogens is 379 g/mol. The monoisotopic (exact) mass is 392 g/mol. The van der Waals surface area contributed by atoms with Gasteiger partial charge >= 0.3 is 0 Å². The molecule has 0 saturated heterocycles. The molecule has 128 valence electrons. The SMILES string of the molecule is COc1ccc(-c2n[nH]c(=S)n2N=C(C)c2ccc(Cl)c(Cl)c2)cc1. The Bertz CT molecular complexity index is 993. The van der Waals surface area contributed by atoms with Gasteiger partial charge in [0.2, 0.25) is 4.77 Å². The molecule has 0 unspecified atom stereocenters. The molecule has 0 aliphatic heterocycles. The molecule has 0 fully saturated rings. The standard InChI is InChI=1S/C17H14Cl2N4OS/c1-10(12-5-8-14(18)15(19)9-12)22-23-16(20-21-17(23)25)11-3-6-13(24-2)7-4-11/h3-9H,1-2H3,(H,21,25). The second-order valence-corrected chi connectivity index (χ2v) is 6.41.